The molecule has 1 aliphatic rings. The number of amides is 2. The van der Waals surface area contributed by atoms with Gasteiger partial charge in [-0.25, -0.2) is 10.2 Å². The number of carbonyl (C=O) groups excluding carboxylic acids is 3. The van der Waals surface area contributed by atoms with Gasteiger partial charge < -0.3 is 19.5 Å². The second kappa shape index (κ2) is 13.9. The quantitative estimate of drug-likeness (QED) is 0.113. The fourth-order valence-electron chi connectivity index (χ4n) is 4.52. The molecular weight excluding hydrogens is 542 g/mol. The molecular formula is C31H35N3O6S. The van der Waals surface area contributed by atoms with Gasteiger partial charge in [-0.15, -0.1) is 11.3 Å². The third-order valence-electron chi connectivity index (χ3n) is 6.76. The Labute approximate surface area is 243 Å². The molecule has 0 saturated carbocycles. The van der Waals surface area contributed by atoms with Gasteiger partial charge in [-0.2, -0.15) is 5.10 Å². The van der Waals surface area contributed by atoms with Gasteiger partial charge in [-0.1, -0.05) is 36.2 Å². The van der Waals surface area contributed by atoms with Crippen LogP contribution in [0.1, 0.15) is 70.6 Å². The number of aryl methyl sites for hydroxylation is 2. The fourth-order valence-corrected chi connectivity index (χ4v) is 5.79. The summed E-state index contributed by atoms with van der Waals surface area (Å²) in [6.45, 7) is 6.07. The first-order valence-corrected chi connectivity index (χ1v) is 14.5. The van der Waals surface area contributed by atoms with E-state index < -0.39 is 17.8 Å². The van der Waals surface area contributed by atoms with Crippen molar-refractivity contribution in [3.05, 3.63) is 75.2 Å². The Balaban J connectivity index is 1.42. The maximum atomic E-state index is 12.8. The van der Waals surface area contributed by atoms with Gasteiger partial charge in [0.05, 0.1) is 25.0 Å². The molecule has 0 radical (unpaired) electrons. The van der Waals surface area contributed by atoms with Crippen molar-refractivity contribution in [1.29, 1.82) is 0 Å². The lowest BCUT2D eigenvalue weighted by atomic mass is 10.1. The molecule has 0 unspecified atom stereocenters. The molecule has 2 aromatic carbocycles. The average molecular weight is 578 g/mol. The van der Waals surface area contributed by atoms with Crippen LogP contribution < -0.4 is 20.2 Å². The van der Waals surface area contributed by atoms with Crippen LogP contribution in [0, 0.1) is 6.92 Å². The Morgan fingerprint density at radius 3 is 2.46 bits per heavy atom. The molecule has 1 aromatic heterocycles. The largest absolute Gasteiger partial charge is 0.493 e. The van der Waals surface area contributed by atoms with Gasteiger partial charge in [0.1, 0.15) is 11.6 Å². The van der Waals surface area contributed by atoms with Crippen LogP contribution >= 0.6 is 11.3 Å². The van der Waals surface area contributed by atoms with E-state index >= 15 is 0 Å². The first kappa shape index (κ1) is 29.8. The zero-order valence-corrected chi connectivity index (χ0v) is 24.6. The number of nitrogens with zero attached hydrogens (tertiary/aromatic N) is 1. The van der Waals surface area contributed by atoms with Crippen LogP contribution in [-0.2, 0) is 33.8 Å². The Morgan fingerprint density at radius 1 is 0.976 bits per heavy atom. The summed E-state index contributed by atoms with van der Waals surface area (Å²) in [7, 11) is 1.55. The number of ether oxygens (including phenoxy) is 3. The lowest BCUT2D eigenvalue weighted by molar-refractivity contribution is -0.136. The number of hydrazone groups is 1. The second-order valence-corrected chi connectivity index (χ2v) is 10.8. The molecule has 0 saturated heterocycles. The van der Waals surface area contributed by atoms with E-state index in [0.29, 0.717) is 39.9 Å². The maximum absolute atomic E-state index is 12.8. The van der Waals surface area contributed by atoms with Gasteiger partial charge in [0.15, 0.2) is 11.5 Å². The summed E-state index contributed by atoms with van der Waals surface area (Å²) >= 11 is 1.33. The molecule has 1 heterocycles. The summed E-state index contributed by atoms with van der Waals surface area (Å²) in [5, 5.41) is 7.04. The van der Waals surface area contributed by atoms with E-state index in [0.717, 1.165) is 48.1 Å². The minimum Gasteiger partial charge on any atom is -0.493 e. The first-order chi connectivity index (χ1) is 19.8. The summed E-state index contributed by atoms with van der Waals surface area (Å²) < 4.78 is 16.7. The zero-order chi connectivity index (χ0) is 29.4. The number of hydrogen-bond acceptors (Lipinski definition) is 8. The summed E-state index contributed by atoms with van der Waals surface area (Å²) in [4.78, 5) is 39.2. The van der Waals surface area contributed by atoms with Gasteiger partial charge in [-0.3, -0.25) is 9.59 Å². The number of hydrogen-bond donors (Lipinski definition) is 2. The van der Waals surface area contributed by atoms with E-state index in [-0.39, 0.29) is 6.61 Å². The van der Waals surface area contributed by atoms with Crippen LogP contribution in [0.5, 0.6) is 11.5 Å². The molecule has 0 atom stereocenters. The minimum atomic E-state index is -0.951. The predicted octanol–water partition coefficient (Wildman–Crippen LogP) is 5.57. The van der Waals surface area contributed by atoms with E-state index in [2.05, 4.69) is 15.8 Å². The molecule has 3 aromatic rings. The predicted molar refractivity (Wildman–Crippen MR) is 159 cm³/mol. The number of methoxy groups -OCH3 is 1. The van der Waals surface area contributed by atoms with Gasteiger partial charge in [0.25, 0.3) is 0 Å². The first-order valence-electron chi connectivity index (χ1n) is 13.6. The second-order valence-electron chi connectivity index (χ2n) is 9.72. The number of carbonyl (C=O) groups is 3. The van der Waals surface area contributed by atoms with Crippen molar-refractivity contribution in [2.45, 2.75) is 59.5 Å². The molecule has 0 fully saturated rings. The summed E-state index contributed by atoms with van der Waals surface area (Å²) in [5.41, 5.74) is 6.92. The standard InChI is InChI=1S/C31H35N3O6S/c1-5-39-31(37)27-23-9-7-6-8-10-26(23)41-30(27)32-28(35)29(36)34-33-20(3)22-15-16-24(25(17-22)38-4)40-18-21-13-11-19(2)12-14-21/h11-17H,5-10,18H2,1-4H3,(H,32,35)(H,34,36). The molecule has 9 nitrogen and oxygen atoms in total. The number of esters is 1. The van der Waals surface area contributed by atoms with Crippen LogP contribution in [0.3, 0.4) is 0 Å². The maximum Gasteiger partial charge on any atom is 0.341 e. The monoisotopic (exact) mass is 577 g/mol. The number of nitrogens with one attached hydrogen (secondary N) is 2. The number of anilines is 1. The third-order valence-corrected chi connectivity index (χ3v) is 7.96. The highest BCUT2D eigenvalue weighted by Crippen LogP contribution is 2.38. The number of fused-ring (bicyclic) bond motifs is 1. The SMILES string of the molecule is CCOC(=O)c1c(NC(=O)C(=O)NN=C(C)c2ccc(OCc3ccc(C)cc3)c(OC)c2)sc2c1CCCCC2. The summed E-state index contributed by atoms with van der Waals surface area (Å²) in [5.74, 6) is -1.28. The van der Waals surface area contributed by atoms with Crippen molar-refractivity contribution in [1.82, 2.24) is 5.43 Å². The lowest BCUT2D eigenvalue weighted by Crippen LogP contribution is -2.33. The van der Waals surface area contributed by atoms with Crippen LogP contribution in [0.25, 0.3) is 0 Å². The minimum absolute atomic E-state index is 0.218. The molecule has 10 heteroatoms. The van der Waals surface area contributed by atoms with E-state index in [1.807, 2.05) is 31.2 Å². The molecule has 0 aliphatic heterocycles. The number of thiophene rings is 1. The van der Waals surface area contributed by atoms with Crippen LogP contribution in [0.15, 0.2) is 47.6 Å². The van der Waals surface area contributed by atoms with Crippen LogP contribution in [0.2, 0.25) is 0 Å². The van der Waals surface area contributed by atoms with E-state index in [1.165, 1.54) is 16.9 Å². The van der Waals surface area contributed by atoms with Crippen LogP contribution in [0.4, 0.5) is 5.00 Å². The highest BCUT2D eigenvalue weighted by Gasteiger charge is 2.28. The molecule has 0 spiro atoms. The number of rotatable bonds is 9. The van der Waals surface area contributed by atoms with Crippen molar-refractivity contribution >= 4 is 39.8 Å². The molecule has 1 aliphatic carbocycles. The highest BCUT2D eigenvalue weighted by molar-refractivity contribution is 7.17. The van der Waals surface area contributed by atoms with Crippen LogP contribution in [-0.4, -0.2) is 37.2 Å². The van der Waals surface area contributed by atoms with E-state index in [9.17, 15) is 14.4 Å². The van der Waals surface area contributed by atoms with Gasteiger partial charge >= 0.3 is 17.8 Å². The molecule has 216 valence electrons. The fraction of sp³-hybridized carbons (Fsp3) is 0.355. The van der Waals surface area contributed by atoms with E-state index in [4.69, 9.17) is 14.2 Å². The van der Waals surface area contributed by atoms with Crippen molar-refractivity contribution in [3.63, 3.8) is 0 Å². The average Bonchev–Trinajstić information content (AvgIpc) is 3.15. The van der Waals surface area contributed by atoms with Gasteiger partial charge in [0.2, 0.25) is 0 Å². The Hall–Kier alpha value is -4.18. The Kier molecular flexibility index (Phi) is 10.1. The smallest absolute Gasteiger partial charge is 0.341 e. The lowest BCUT2D eigenvalue weighted by Gasteiger charge is -2.12. The normalized spacial score (nSPS) is 13.0. The van der Waals surface area contributed by atoms with Crippen molar-refractivity contribution < 1.29 is 28.6 Å². The van der Waals surface area contributed by atoms with Gasteiger partial charge in [0, 0.05) is 10.4 Å². The summed E-state index contributed by atoms with van der Waals surface area (Å²) in [6, 6.07) is 13.4. The van der Waals surface area contributed by atoms with Gasteiger partial charge in [-0.05, 0) is 75.8 Å². The molecule has 0 bridgehead atoms. The highest BCUT2D eigenvalue weighted by atomic mass is 32.1. The van der Waals surface area contributed by atoms with Crippen molar-refractivity contribution in [2.75, 3.05) is 19.0 Å². The number of benzene rings is 2. The Bertz CT molecular complexity index is 1440. The molecule has 2 N–H and O–H groups in total. The van der Waals surface area contributed by atoms with Crippen molar-refractivity contribution in [2.24, 2.45) is 5.10 Å². The molecule has 4 rings (SSSR count). The van der Waals surface area contributed by atoms with E-state index in [1.54, 1.807) is 39.2 Å². The Morgan fingerprint density at radius 2 is 1.73 bits per heavy atom. The van der Waals surface area contributed by atoms with Crippen molar-refractivity contribution in [3.8, 4) is 11.5 Å². The molecule has 2 amide bonds. The zero-order valence-electron chi connectivity index (χ0n) is 23.8. The molecule has 41 heavy (non-hydrogen) atoms. The topological polar surface area (TPSA) is 115 Å². The summed E-state index contributed by atoms with van der Waals surface area (Å²) in [6.07, 6.45) is 4.63. The third kappa shape index (κ3) is 7.52.